The first-order valence-corrected chi connectivity index (χ1v) is 6.64. The van der Waals surface area contributed by atoms with Crippen molar-refractivity contribution in [1.82, 2.24) is 4.98 Å². The summed E-state index contributed by atoms with van der Waals surface area (Å²) in [6.45, 7) is 6.29. The number of benzene rings is 2. The Labute approximate surface area is 113 Å². The smallest absolute Gasteiger partial charge is 0.227 e. The lowest BCUT2D eigenvalue weighted by atomic mass is 10.1. The van der Waals surface area contributed by atoms with Gasteiger partial charge in [0.05, 0.1) is 0 Å². The van der Waals surface area contributed by atoms with Crippen molar-refractivity contribution in [2.24, 2.45) is 0 Å². The summed E-state index contributed by atoms with van der Waals surface area (Å²) >= 11 is 0. The third-order valence-corrected chi connectivity index (χ3v) is 3.43. The number of aromatic nitrogens is 1. The lowest BCUT2D eigenvalue weighted by Gasteiger charge is -1.98. The quantitative estimate of drug-likeness (QED) is 0.661. The SMILES string of the molecule is CCc1ccc(-c2nc3cc(C)cc(C)c3o2)cc1. The highest BCUT2D eigenvalue weighted by Crippen LogP contribution is 2.27. The van der Waals surface area contributed by atoms with Gasteiger partial charge in [-0.2, -0.15) is 0 Å². The maximum absolute atomic E-state index is 5.90. The van der Waals surface area contributed by atoms with E-state index in [1.54, 1.807) is 0 Å². The molecule has 0 spiro atoms. The van der Waals surface area contributed by atoms with Crippen LogP contribution in [0.5, 0.6) is 0 Å². The van der Waals surface area contributed by atoms with Crippen LogP contribution in [-0.4, -0.2) is 4.98 Å². The first-order valence-electron chi connectivity index (χ1n) is 6.64. The molecule has 0 fully saturated rings. The van der Waals surface area contributed by atoms with Gasteiger partial charge in [0.15, 0.2) is 5.58 Å². The fraction of sp³-hybridized carbons (Fsp3) is 0.235. The molecule has 2 aromatic carbocycles. The molecule has 0 aliphatic rings. The Morgan fingerprint density at radius 1 is 1.05 bits per heavy atom. The summed E-state index contributed by atoms with van der Waals surface area (Å²) in [5.74, 6) is 0.700. The Morgan fingerprint density at radius 2 is 1.79 bits per heavy atom. The van der Waals surface area contributed by atoms with E-state index in [0.29, 0.717) is 5.89 Å². The average molecular weight is 251 g/mol. The molecular weight excluding hydrogens is 234 g/mol. The summed E-state index contributed by atoms with van der Waals surface area (Å²) in [6, 6.07) is 12.6. The number of hydrogen-bond acceptors (Lipinski definition) is 2. The van der Waals surface area contributed by atoms with E-state index in [-0.39, 0.29) is 0 Å². The molecule has 19 heavy (non-hydrogen) atoms. The molecule has 0 unspecified atom stereocenters. The van der Waals surface area contributed by atoms with Crippen molar-refractivity contribution in [3.8, 4) is 11.5 Å². The van der Waals surface area contributed by atoms with Gasteiger partial charge in [-0.1, -0.05) is 25.1 Å². The highest BCUT2D eigenvalue weighted by Gasteiger charge is 2.10. The topological polar surface area (TPSA) is 26.0 Å². The van der Waals surface area contributed by atoms with Gasteiger partial charge in [0.2, 0.25) is 5.89 Å². The van der Waals surface area contributed by atoms with Crippen molar-refractivity contribution in [3.05, 3.63) is 53.1 Å². The summed E-state index contributed by atoms with van der Waals surface area (Å²) in [5.41, 5.74) is 6.54. The van der Waals surface area contributed by atoms with Gasteiger partial charge < -0.3 is 4.42 Å². The maximum Gasteiger partial charge on any atom is 0.227 e. The standard InChI is InChI=1S/C17H17NO/c1-4-13-5-7-14(8-6-13)17-18-15-10-11(2)9-12(3)16(15)19-17/h5-10H,4H2,1-3H3. The summed E-state index contributed by atoms with van der Waals surface area (Å²) in [5, 5.41) is 0. The van der Waals surface area contributed by atoms with Crippen molar-refractivity contribution in [1.29, 1.82) is 0 Å². The Hall–Kier alpha value is -2.09. The summed E-state index contributed by atoms with van der Waals surface area (Å²) in [7, 11) is 0. The van der Waals surface area contributed by atoms with Crippen LogP contribution in [0.3, 0.4) is 0 Å². The van der Waals surface area contributed by atoms with Crippen LogP contribution in [-0.2, 0) is 6.42 Å². The van der Waals surface area contributed by atoms with E-state index in [0.717, 1.165) is 28.6 Å². The van der Waals surface area contributed by atoms with Crippen LogP contribution in [0.25, 0.3) is 22.6 Å². The fourth-order valence-electron chi connectivity index (χ4n) is 2.38. The first-order chi connectivity index (χ1) is 9.17. The molecule has 1 heterocycles. The molecule has 0 saturated heterocycles. The van der Waals surface area contributed by atoms with Gasteiger partial charge in [-0.05, 0) is 55.2 Å². The molecule has 0 N–H and O–H groups in total. The lowest BCUT2D eigenvalue weighted by Crippen LogP contribution is -1.81. The molecule has 0 aliphatic heterocycles. The molecule has 96 valence electrons. The van der Waals surface area contributed by atoms with Gasteiger partial charge >= 0.3 is 0 Å². The Kier molecular flexibility index (Phi) is 2.86. The van der Waals surface area contributed by atoms with Gasteiger partial charge in [0, 0.05) is 5.56 Å². The normalized spacial score (nSPS) is 11.1. The monoisotopic (exact) mass is 251 g/mol. The van der Waals surface area contributed by atoms with Gasteiger partial charge in [-0.25, -0.2) is 4.98 Å². The predicted molar refractivity (Wildman–Crippen MR) is 78.3 cm³/mol. The van der Waals surface area contributed by atoms with Gasteiger partial charge in [0.1, 0.15) is 5.52 Å². The third-order valence-electron chi connectivity index (χ3n) is 3.43. The van der Waals surface area contributed by atoms with Gasteiger partial charge in [-0.3, -0.25) is 0 Å². The maximum atomic E-state index is 5.90. The molecule has 0 atom stereocenters. The average Bonchev–Trinajstić information content (AvgIpc) is 2.83. The van der Waals surface area contributed by atoms with Gasteiger partial charge in [0.25, 0.3) is 0 Å². The second-order valence-corrected chi connectivity index (χ2v) is 5.00. The second kappa shape index (κ2) is 4.54. The molecule has 2 heteroatoms. The summed E-state index contributed by atoms with van der Waals surface area (Å²) in [4.78, 5) is 4.59. The second-order valence-electron chi connectivity index (χ2n) is 5.00. The minimum absolute atomic E-state index is 0.700. The largest absolute Gasteiger partial charge is 0.436 e. The van der Waals surface area contributed by atoms with E-state index in [2.05, 4.69) is 62.2 Å². The Balaban J connectivity index is 2.12. The number of oxazole rings is 1. The number of nitrogens with zero attached hydrogens (tertiary/aromatic N) is 1. The molecule has 3 rings (SSSR count). The van der Waals surface area contributed by atoms with Crippen LogP contribution in [0.2, 0.25) is 0 Å². The van der Waals surface area contributed by atoms with Crippen LogP contribution in [0.1, 0.15) is 23.6 Å². The van der Waals surface area contributed by atoms with E-state index < -0.39 is 0 Å². The van der Waals surface area contributed by atoms with E-state index in [9.17, 15) is 0 Å². The number of hydrogen-bond donors (Lipinski definition) is 0. The zero-order chi connectivity index (χ0) is 13.4. The number of fused-ring (bicyclic) bond motifs is 1. The Bertz CT molecular complexity index is 723. The zero-order valence-electron chi connectivity index (χ0n) is 11.5. The van der Waals surface area contributed by atoms with E-state index >= 15 is 0 Å². The minimum atomic E-state index is 0.700. The molecule has 2 nitrogen and oxygen atoms in total. The molecule has 1 aromatic heterocycles. The lowest BCUT2D eigenvalue weighted by molar-refractivity contribution is 0.617. The van der Waals surface area contributed by atoms with Crippen molar-refractivity contribution >= 4 is 11.1 Å². The van der Waals surface area contributed by atoms with Crippen molar-refractivity contribution < 1.29 is 4.42 Å². The van der Waals surface area contributed by atoms with Crippen LogP contribution >= 0.6 is 0 Å². The first kappa shape index (κ1) is 12.0. The molecule has 0 aliphatic carbocycles. The van der Waals surface area contributed by atoms with Crippen molar-refractivity contribution in [2.75, 3.05) is 0 Å². The van der Waals surface area contributed by atoms with Crippen molar-refractivity contribution in [3.63, 3.8) is 0 Å². The number of rotatable bonds is 2. The predicted octanol–water partition coefficient (Wildman–Crippen LogP) is 4.67. The Morgan fingerprint density at radius 3 is 2.47 bits per heavy atom. The number of aryl methyl sites for hydroxylation is 3. The van der Waals surface area contributed by atoms with Crippen LogP contribution in [0.4, 0.5) is 0 Å². The third kappa shape index (κ3) is 2.14. The van der Waals surface area contributed by atoms with Crippen molar-refractivity contribution in [2.45, 2.75) is 27.2 Å². The molecule has 3 aromatic rings. The highest BCUT2D eigenvalue weighted by molar-refractivity contribution is 5.80. The van der Waals surface area contributed by atoms with E-state index in [4.69, 9.17) is 4.42 Å². The molecule has 0 amide bonds. The van der Waals surface area contributed by atoms with Gasteiger partial charge in [-0.15, -0.1) is 0 Å². The van der Waals surface area contributed by atoms with Crippen LogP contribution in [0.15, 0.2) is 40.8 Å². The minimum Gasteiger partial charge on any atom is -0.436 e. The molecule has 0 radical (unpaired) electrons. The fourth-order valence-corrected chi connectivity index (χ4v) is 2.38. The summed E-state index contributed by atoms with van der Waals surface area (Å²) in [6.07, 6.45) is 1.05. The van der Waals surface area contributed by atoms with E-state index in [1.807, 2.05) is 0 Å². The summed E-state index contributed by atoms with van der Waals surface area (Å²) < 4.78 is 5.90. The van der Waals surface area contributed by atoms with E-state index in [1.165, 1.54) is 11.1 Å². The van der Waals surface area contributed by atoms with Crippen LogP contribution < -0.4 is 0 Å². The van der Waals surface area contributed by atoms with Crippen LogP contribution in [0, 0.1) is 13.8 Å². The highest BCUT2D eigenvalue weighted by atomic mass is 16.3. The molecular formula is C17H17NO. The molecule has 0 bridgehead atoms. The molecule has 0 saturated carbocycles. The zero-order valence-corrected chi connectivity index (χ0v) is 11.5.